The van der Waals surface area contributed by atoms with Gasteiger partial charge in [-0.25, -0.2) is 8.78 Å². The van der Waals surface area contributed by atoms with Crippen molar-refractivity contribution in [2.24, 2.45) is 0 Å². The zero-order chi connectivity index (χ0) is 21.9. The summed E-state index contributed by atoms with van der Waals surface area (Å²) in [6, 6.07) is 15.6. The van der Waals surface area contributed by atoms with Crippen LogP contribution >= 0.6 is 11.6 Å². The van der Waals surface area contributed by atoms with Crippen molar-refractivity contribution >= 4 is 23.4 Å². The lowest BCUT2D eigenvalue weighted by Gasteiger charge is -2.40. The molecular weight excluding hydrogens is 422 g/mol. The summed E-state index contributed by atoms with van der Waals surface area (Å²) in [4.78, 5) is 30.1. The van der Waals surface area contributed by atoms with Crippen molar-refractivity contribution in [1.82, 2.24) is 9.80 Å². The van der Waals surface area contributed by atoms with Crippen LogP contribution in [0, 0.1) is 18.6 Å². The molecule has 0 N–H and O–H groups in total. The average Bonchev–Trinajstić information content (AvgIpc) is 3.27. The molecule has 5 rings (SSSR count). The normalized spacial score (nSPS) is 19.5. The van der Waals surface area contributed by atoms with E-state index in [9.17, 15) is 18.4 Å². The van der Waals surface area contributed by atoms with Crippen molar-refractivity contribution < 1.29 is 18.4 Å². The number of carbonyl (C=O) groups is 2. The Bertz CT molecular complexity index is 1260. The molecule has 1 saturated heterocycles. The lowest BCUT2D eigenvalue weighted by atomic mass is 9.88. The highest BCUT2D eigenvalue weighted by molar-refractivity contribution is 6.31. The Kier molecular flexibility index (Phi) is 4.38. The number of halogens is 3. The molecule has 7 heteroatoms. The number of carbonyl (C=O) groups excluding carboxylic acids is 2. The van der Waals surface area contributed by atoms with Crippen LogP contribution in [0.5, 0.6) is 0 Å². The molecule has 4 nitrogen and oxygen atoms in total. The van der Waals surface area contributed by atoms with Gasteiger partial charge >= 0.3 is 0 Å². The monoisotopic (exact) mass is 438 g/mol. The fraction of sp³-hybridized carbons (Fsp3) is 0.167. The van der Waals surface area contributed by atoms with Crippen molar-refractivity contribution in [3.8, 4) is 0 Å². The molecule has 3 aromatic carbocycles. The topological polar surface area (TPSA) is 40.6 Å². The van der Waals surface area contributed by atoms with Crippen LogP contribution in [0.2, 0.25) is 5.02 Å². The van der Waals surface area contributed by atoms with Gasteiger partial charge in [0.2, 0.25) is 0 Å². The lowest BCUT2D eigenvalue weighted by Crippen LogP contribution is -2.51. The summed E-state index contributed by atoms with van der Waals surface area (Å²) in [5, 5.41) is 0.570. The van der Waals surface area contributed by atoms with E-state index in [4.69, 9.17) is 11.6 Å². The maximum atomic E-state index is 13.9. The first-order valence-corrected chi connectivity index (χ1v) is 10.2. The van der Waals surface area contributed by atoms with E-state index in [-0.39, 0.29) is 18.0 Å². The van der Waals surface area contributed by atoms with Gasteiger partial charge in [0.1, 0.15) is 0 Å². The van der Waals surface area contributed by atoms with Crippen LogP contribution in [0.3, 0.4) is 0 Å². The van der Waals surface area contributed by atoms with Crippen LogP contribution in [-0.2, 0) is 5.66 Å². The second-order valence-electron chi connectivity index (χ2n) is 7.72. The molecular formula is C24H17ClF2N2O2. The summed E-state index contributed by atoms with van der Waals surface area (Å²) in [5.41, 5.74) is 1.53. The minimum Gasteiger partial charge on any atom is -0.306 e. The number of nitrogens with zero attached hydrogens (tertiary/aromatic N) is 2. The van der Waals surface area contributed by atoms with Gasteiger partial charge in [0, 0.05) is 40.4 Å². The molecule has 2 aliphatic rings. The fourth-order valence-corrected chi connectivity index (χ4v) is 4.81. The number of hydrogen-bond acceptors (Lipinski definition) is 2. The van der Waals surface area contributed by atoms with Crippen molar-refractivity contribution in [3.05, 3.63) is 105 Å². The molecule has 0 unspecified atom stereocenters. The second-order valence-corrected chi connectivity index (χ2v) is 8.13. The van der Waals surface area contributed by atoms with Crippen molar-refractivity contribution in [3.63, 3.8) is 0 Å². The van der Waals surface area contributed by atoms with E-state index in [1.807, 2.05) is 25.1 Å². The average molecular weight is 439 g/mol. The lowest BCUT2D eigenvalue weighted by molar-refractivity contribution is 0.0374. The van der Waals surface area contributed by atoms with E-state index < -0.39 is 23.2 Å². The van der Waals surface area contributed by atoms with Crippen molar-refractivity contribution in [2.45, 2.75) is 12.6 Å². The van der Waals surface area contributed by atoms with E-state index in [1.165, 1.54) is 6.07 Å². The van der Waals surface area contributed by atoms with Crippen LogP contribution in [-0.4, -0.2) is 34.7 Å². The van der Waals surface area contributed by atoms with E-state index in [0.29, 0.717) is 28.3 Å². The molecule has 0 aromatic heterocycles. The Morgan fingerprint density at radius 3 is 2.52 bits per heavy atom. The van der Waals surface area contributed by atoms with E-state index >= 15 is 0 Å². The first-order valence-electron chi connectivity index (χ1n) is 9.81. The minimum atomic E-state index is -1.19. The summed E-state index contributed by atoms with van der Waals surface area (Å²) < 4.78 is 27.3. The molecule has 2 amide bonds. The molecule has 1 fully saturated rings. The number of hydrogen-bond donors (Lipinski definition) is 0. The standard InChI is InChI=1S/C24H17ClF2N2O2/c1-14-12-16(7-8-19(14)25)24-18-5-3-2-4-17(18)23(31)29(24)11-10-28(24)22(30)15-6-9-20(26)21(27)13-15/h2-9,12-13H,10-11H2,1H3/t24-/m1/s1. The molecule has 0 bridgehead atoms. The van der Waals surface area contributed by atoms with Crippen LogP contribution in [0.4, 0.5) is 8.78 Å². The molecule has 1 atom stereocenters. The molecule has 156 valence electrons. The Labute approximate surface area is 182 Å². The number of rotatable bonds is 2. The number of amides is 2. The zero-order valence-corrected chi connectivity index (χ0v) is 17.3. The first-order chi connectivity index (χ1) is 14.9. The quantitative estimate of drug-likeness (QED) is 0.580. The van der Waals surface area contributed by atoms with Gasteiger partial charge in [0.05, 0.1) is 0 Å². The Morgan fingerprint density at radius 2 is 1.77 bits per heavy atom. The van der Waals surface area contributed by atoms with E-state index in [1.54, 1.807) is 34.1 Å². The molecule has 31 heavy (non-hydrogen) atoms. The Balaban J connectivity index is 1.76. The second kappa shape index (κ2) is 6.89. The summed E-state index contributed by atoms with van der Waals surface area (Å²) in [7, 11) is 0. The van der Waals surface area contributed by atoms with Crippen LogP contribution in [0.15, 0.2) is 60.7 Å². The van der Waals surface area contributed by atoms with Gasteiger partial charge in [-0.1, -0.05) is 35.9 Å². The van der Waals surface area contributed by atoms with Crippen molar-refractivity contribution in [2.75, 3.05) is 13.1 Å². The highest BCUT2D eigenvalue weighted by Gasteiger charge is 2.59. The van der Waals surface area contributed by atoms with Crippen LogP contribution < -0.4 is 0 Å². The molecule has 0 saturated carbocycles. The number of aryl methyl sites for hydroxylation is 1. The third-order valence-electron chi connectivity index (χ3n) is 6.08. The van der Waals surface area contributed by atoms with Gasteiger partial charge in [-0.3, -0.25) is 9.59 Å². The SMILES string of the molecule is Cc1cc([C@]23c4ccccc4C(=O)N2CCN3C(=O)c2ccc(F)c(F)c2)ccc1Cl. The summed E-state index contributed by atoms with van der Waals surface area (Å²) >= 11 is 6.25. The van der Waals surface area contributed by atoms with Crippen LogP contribution in [0.25, 0.3) is 0 Å². The minimum absolute atomic E-state index is 0.0163. The van der Waals surface area contributed by atoms with Gasteiger partial charge in [0.15, 0.2) is 17.3 Å². The predicted molar refractivity (Wildman–Crippen MR) is 112 cm³/mol. The smallest absolute Gasteiger partial charge is 0.256 e. The summed E-state index contributed by atoms with van der Waals surface area (Å²) in [6.45, 7) is 2.41. The first kappa shape index (κ1) is 19.7. The highest BCUT2D eigenvalue weighted by atomic mass is 35.5. The van der Waals surface area contributed by atoms with E-state index in [2.05, 4.69) is 0 Å². The molecule has 0 radical (unpaired) electrons. The highest BCUT2D eigenvalue weighted by Crippen LogP contribution is 2.50. The van der Waals surface area contributed by atoms with Gasteiger partial charge in [0.25, 0.3) is 11.8 Å². The largest absolute Gasteiger partial charge is 0.306 e. The Morgan fingerprint density at radius 1 is 1.00 bits per heavy atom. The number of benzene rings is 3. The maximum Gasteiger partial charge on any atom is 0.256 e. The predicted octanol–water partition coefficient (Wildman–Crippen LogP) is 4.74. The summed E-state index contributed by atoms with van der Waals surface area (Å²) in [6.07, 6.45) is 0. The van der Waals surface area contributed by atoms with Gasteiger partial charge in [-0.2, -0.15) is 0 Å². The molecule has 3 aromatic rings. The summed E-state index contributed by atoms with van der Waals surface area (Å²) in [5.74, 6) is -2.78. The van der Waals surface area contributed by atoms with Gasteiger partial charge in [-0.15, -0.1) is 0 Å². The maximum absolute atomic E-state index is 13.9. The van der Waals surface area contributed by atoms with Crippen molar-refractivity contribution in [1.29, 1.82) is 0 Å². The Hall–Kier alpha value is -3.25. The third kappa shape index (κ3) is 2.64. The third-order valence-corrected chi connectivity index (χ3v) is 6.50. The van der Waals surface area contributed by atoms with Crippen LogP contribution in [0.1, 0.15) is 37.4 Å². The fourth-order valence-electron chi connectivity index (χ4n) is 4.69. The molecule has 0 aliphatic carbocycles. The molecule has 0 spiro atoms. The zero-order valence-electron chi connectivity index (χ0n) is 16.5. The van der Waals surface area contributed by atoms with Gasteiger partial charge < -0.3 is 9.80 Å². The molecule has 2 heterocycles. The van der Waals surface area contributed by atoms with E-state index in [0.717, 1.165) is 17.7 Å². The number of fused-ring (bicyclic) bond motifs is 3. The molecule has 2 aliphatic heterocycles. The van der Waals surface area contributed by atoms with Gasteiger partial charge in [-0.05, 0) is 48.9 Å².